The smallest absolute Gasteiger partial charge is 0.224 e. The van der Waals surface area contributed by atoms with Crippen LogP contribution in [0.1, 0.15) is 18.0 Å². The van der Waals surface area contributed by atoms with Crippen molar-refractivity contribution in [1.82, 2.24) is 4.90 Å². The number of carbonyl (C=O) groups excluding carboxylic acids is 1. The predicted molar refractivity (Wildman–Crippen MR) is 54.5 cm³/mol. The molecule has 2 atom stereocenters. The number of nitrogens with two attached hydrogens (primary N) is 1. The molecule has 4 heteroatoms. The molecule has 0 aromatic heterocycles. The van der Waals surface area contributed by atoms with Crippen molar-refractivity contribution in [3.05, 3.63) is 35.6 Å². The molecule has 0 unspecified atom stereocenters. The molecular formula is C11H13FN2O. The molecule has 1 aliphatic rings. The third-order valence-electron chi connectivity index (χ3n) is 2.82. The van der Waals surface area contributed by atoms with Crippen molar-refractivity contribution >= 4 is 5.91 Å². The third-order valence-corrected chi connectivity index (χ3v) is 2.82. The van der Waals surface area contributed by atoms with Crippen molar-refractivity contribution in [2.24, 2.45) is 5.73 Å². The number of benzene rings is 1. The molecule has 3 nitrogen and oxygen atoms in total. The van der Waals surface area contributed by atoms with Gasteiger partial charge in [-0.2, -0.15) is 0 Å². The van der Waals surface area contributed by atoms with Crippen LogP contribution in [-0.2, 0) is 4.79 Å². The van der Waals surface area contributed by atoms with Gasteiger partial charge in [0.25, 0.3) is 0 Å². The quantitative estimate of drug-likeness (QED) is 0.750. The summed E-state index contributed by atoms with van der Waals surface area (Å²) < 4.78 is 13.0. The van der Waals surface area contributed by atoms with Crippen molar-refractivity contribution < 1.29 is 9.18 Å². The minimum atomic E-state index is -0.299. The lowest BCUT2D eigenvalue weighted by molar-refractivity contribution is -0.127. The fourth-order valence-electron chi connectivity index (χ4n) is 2.06. The molecule has 1 amide bonds. The third kappa shape index (κ3) is 1.72. The summed E-state index contributed by atoms with van der Waals surface area (Å²) in [7, 11) is 1.70. The number of likely N-dealkylation sites (tertiary alicyclic amines) is 1. The normalized spacial score (nSPS) is 26.1. The summed E-state index contributed by atoms with van der Waals surface area (Å²) in [5.41, 5.74) is 6.62. The zero-order valence-corrected chi connectivity index (χ0v) is 8.48. The molecule has 0 aliphatic carbocycles. The van der Waals surface area contributed by atoms with Crippen LogP contribution in [0.4, 0.5) is 4.39 Å². The van der Waals surface area contributed by atoms with Gasteiger partial charge in [0.05, 0.1) is 6.04 Å². The largest absolute Gasteiger partial charge is 0.337 e. The molecule has 1 aliphatic heterocycles. The first-order valence-electron chi connectivity index (χ1n) is 4.86. The maximum atomic E-state index is 13.0. The molecule has 1 saturated heterocycles. The minimum Gasteiger partial charge on any atom is -0.337 e. The number of carbonyl (C=O) groups is 1. The van der Waals surface area contributed by atoms with Crippen molar-refractivity contribution in [3.8, 4) is 0 Å². The van der Waals surface area contributed by atoms with Crippen molar-refractivity contribution in [2.75, 3.05) is 7.05 Å². The molecule has 15 heavy (non-hydrogen) atoms. The Kier molecular flexibility index (Phi) is 2.44. The van der Waals surface area contributed by atoms with Gasteiger partial charge in [-0.3, -0.25) is 4.79 Å². The van der Waals surface area contributed by atoms with Crippen LogP contribution < -0.4 is 5.73 Å². The summed E-state index contributed by atoms with van der Waals surface area (Å²) in [4.78, 5) is 13.0. The Morgan fingerprint density at radius 3 is 2.80 bits per heavy atom. The van der Waals surface area contributed by atoms with Crippen LogP contribution in [0.25, 0.3) is 0 Å². The second-order valence-electron chi connectivity index (χ2n) is 3.87. The van der Waals surface area contributed by atoms with Gasteiger partial charge >= 0.3 is 0 Å². The molecule has 2 N–H and O–H groups in total. The summed E-state index contributed by atoms with van der Waals surface area (Å²) in [6, 6.07) is 5.79. The topological polar surface area (TPSA) is 46.3 Å². The summed E-state index contributed by atoms with van der Waals surface area (Å²) >= 11 is 0. The predicted octanol–water partition coefficient (Wildman–Crippen LogP) is 1.06. The number of halogens is 1. The Bertz CT molecular complexity index is 394. The summed E-state index contributed by atoms with van der Waals surface area (Å²) in [5.74, 6) is -0.288. The molecule has 1 aromatic carbocycles. The van der Waals surface area contributed by atoms with Crippen LogP contribution in [-0.4, -0.2) is 23.9 Å². The number of hydrogen-bond acceptors (Lipinski definition) is 2. The molecule has 0 saturated carbocycles. The van der Waals surface area contributed by atoms with Gasteiger partial charge in [-0.15, -0.1) is 0 Å². The van der Waals surface area contributed by atoms with E-state index >= 15 is 0 Å². The van der Waals surface area contributed by atoms with Crippen LogP contribution in [0.15, 0.2) is 24.3 Å². The molecule has 0 radical (unpaired) electrons. The van der Waals surface area contributed by atoms with E-state index in [1.165, 1.54) is 12.1 Å². The van der Waals surface area contributed by atoms with Gasteiger partial charge in [0, 0.05) is 19.5 Å². The van der Waals surface area contributed by atoms with Crippen molar-refractivity contribution in [1.29, 1.82) is 0 Å². The maximum Gasteiger partial charge on any atom is 0.224 e. The Morgan fingerprint density at radius 1 is 1.53 bits per heavy atom. The number of amides is 1. The Hall–Kier alpha value is -1.42. The van der Waals surface area contributed by atoms with Crippen molar-refractivity contribution in [3.63, 3.8) is 0 Å². The zero-order chi connectivity index (χ0) is 11.0. The number of hydrogen-bond donors (Lipinski definition) is 1. The highest BCUT2D eigenvalue weighted by Crippen LogP contribution is 2.30. The summed E-state index contributed by atoms with van der Waals surface area (Å²) in [6.07, 6.45) is 0.331. The first-order chi connectivity index (χ1) is 7.09. The lowest BCUT2D eigenvalue weighted by Gasteiger charge is -2.23. The average molecular weight is 208 g/mol. The van der Waals surface area contributed by atoms with E-state index in [2.05, 4.69) is 0 Å². The zero-order valence-electron chi connectivity index (χ0n) is 8.48. The fourth-order valence-corrected chi connectivity index (χ4v) is 2.06. The van der Waals surface area contributed by atoms with E-state index in [1.807, 2.05) is 0 Å². The second-order valence-corrected chi connectivity index (χ2v) is 3.87. The molecule has 0 spiro atoms. The van der Waals surface area contributed by atoms with Gasteiger partial charge in [-0.05, 0) is 17.7 Å². The van der Waals surface area contributed by atoms with E-state index in [9.17, 15) is 9.18 Å². The van der Waals surface area contributed by atoms with Crippen LogP contribution >= 0.6 is 0 Å². The first-order valence-corrected chi connectivity index (χ1v) is 4.86. The summed E-state index contributed by atoms with van der Waals surface area (Å²) in [5, 5.41) is 0. The number of rotatable bonds is 1. The Balaban J connectivity index is 2.34. The Labute approximate surface area is 87.7 Å². The van der Waals surface area contributed by atoms with Crippen LogP contribution in [0.5, 0.6) is 0 Å². The van der Waals surface area contributed by atoms with E-state index in [-0.39, 0.29) is 23.8 Å². The lowest BCUT2D eigenvalue weighted by atomic mass is 10.0. The SMILES string of the molecule is CN1C(=O)C[C@H](N)[C@H]1c1cccc(F)c1. The van der Waals surface area contributed by atoms with Gasteiger partial charge in [-0.25, -0.2) is 4.39 Å². The van der Waals surface area contributed by atoms with E-state index < -0.39 is 0 Å². The van der Waals surface area contributed by atoms with Gasteiger partial charge in [0.2, 0.25) is 5.91 Å². The average Bonchev–Trinajstić information content (AvgIpc) is 2.41. The highest BCUT2D eigenvalue weighted by Gasteiger charge is 2.36. The number of nitrogens with zero attached hydrogens (tertiary/aromatic N) is 1. The molecule has 1 fully saturated rings. The lowest BCUT2D eigenvalue weighted by Crippen LogP contribution is -2.30. The second kappa shape index (κ2) is 3.62. The van der Waals surface area contributed by atoms with E-state index in [0.717, 1.165) is 5.56 Å². The summed E-state index contributed by atoms with van der Waals surface area (Å²) in [6.45, 7) is 0. The monoisotopic (exact) mass is 208 g/mol. The van der Waals surface area contributed by atoms with Crippen LogP contribution in [0.2, 0.25) is 0 Å². The van der Waals surface area contributed by atoms with Crippen LogP contribution in [0.3, 0.4) is 0 Å². The van der Waals surface area contributed by atoms with Gasteiger partial charge in [-0.1, -0.05) is 12.1 Å². The highest BCUT2D eigenvalue weighted by molar-refractivity contribution is 5.80. The van der Waals surface area contributed by atoms with Gasteiger partial charge in [0.1, 0.15) is 5.82 Å². The van der Waals surface area contributed by atoms with Gasteiger partial charge < -0.3 is 10.6 Å². The molecule has 0 bridgehead atoms. The molecule has 1 heterocycles. The minimum absolute atomic E-state index is 0.0109. The number of likely N-dealkylation sites (N-methyl/N-ethyl adjacent to an activating group) is 1. The molecule has 1 aromatic rings. The Morgan fingerprint density at radius 2 is 2.27 bits per heavy atom. The van der Waals surface area contributed by atoms with E-state index in [4.69, 9.17) is 5.73 Å². The van der Waals surface area contributed by atoms with Gasteiger partial charge in [0.15, 0.2) is 0 Å². The van der Waals surface area contributed by atoms with E-state index in [1.54, 1.807) is 24.1 Å². The first kappa shape index (κ1) is 10.1. The maximum absolute atomic E-state index is 13.0. The molecule has 80 valence electrons. The van der Waals surface area contributed by atoms with E-state index in [0.29, 0.717) is 6.42 Å². The standard InChI is InChI=1S/C11H13FN2O/c1-14-10(15)6-9(13)11(14)7-3-2-4-8(12)5-7/h2-5,9,11H,6,13H2,1H3/t9-,11+/m0/s1. The van der Waals surface area contributed by atoms with Crippen LogP contribution in [0, 0.1) is 5.82 Å². The fraction of sp³-hybridized carbons (Fsp3) is 0.364. The molecular weight excluding hydrogens is 195 g/mol. The molecule has 2 rings (SSSR count). The van der Waals surface area contributed by atoms with Crippen molar-refractivity contribution in [2.45, 2.75) is 18.5 Å². The highest BCUT2D eigenvalue weighted by atomic mass is 19.1.